The zero-order chi connectivity index (χ0) is 17.9. The second kappa shape index (κ2) is 7.92. The van der Waals surface area contributed by atoms with Gasteiger partial charge >= 0.3 is 0 Å². The molecule has 0 bridgehead atoms. The molecule has 3 N–H and O–H groups in total. The van der Waals surface area contributed by atoms with Crippen molar-refractivity contribution in [2.24, 2.45) is 12.8 Å². The topological polar surface area (TPSA) is 73.7 Å². The summed E-state index contributed by atoms with van der Waals surface area (Å²) in [6, 6.07) is 1.16. The molecule has 4 rings (SSSR count). The van der Waals surface area contributed by atoms with Crippen LogP contribution in [0.2, 0.25) is 0 Å². The molecule has 1 saturated heterocycles. The molecule has 3 heterocycles. The first kappa shape index (κ1) is 17.7. The molecular weight excluding hydrogens is 324 g/mol. The zero-order valence-electron chi connectivity index (χ0n) is 15.8. The average molecular weight is 357 g/mol. The fourth-order valence-corrected chi connectivity index (χ4v) is 4.85. The molecule has 1 saturated carbocycles. The molecule has 2 aromatic rings. The lowest BCUT2D eigenvalue weighted by molar-refractivity contribution is 0.316. The van der Waals surface area contributed by atoms with E-state index in [2.05, 4.69) is 38.9 Å². The highest BCUT2D eigenvalue weighted by atomic mass is 15.1. The van der Waals surface area contributed by atoms with Crippen LogP contribution < -0.4 is 11.1 Å². The van der Waals surface area contributed by atoms with Crippen LogP contribution in [-0.4, -0.2) is 31.7 Å². The number of aromatic nitrogens is 4. The van der Waals surface area contributed by atoms with Crippen LogP contribution in [0.3, 0.4) is 0 Å². The first-order valence-electron chi connectivity index (χ1n) is 10.2. The Labute approximate surface area is 156 Å². The van der Waals surface area contributed by atoms with E-state index in [1.807, 2.05) is 12.5 Å². The van der Waals surface area contributed by atoms with E-state index in [-0.39, 0.29) is 6.04 Å². The maximum atomic E-state index is 6.52. The van der Waals surface area contributed by atoms with Crippen LogP contribution in [-0.2, 0) is 7.05 Å². The molecule has 1 unspecified atom stereocenters. The molecule has 0 radical (unpaired) electrons. The molecular formula is C20H32N6. The van der Waals surface area contributed by atoms with Crippen LogP contribution in [0.15, 0.2) is 24.9 Å². The van der Waals surface area contributed by atoms with Crippen molar-refractivity contribution >= 4 is 0 Å². The van der Waals surface area contributed by atoms with Crippen molar-refractivity contribution in [3.8, 4) is 0 Å². The van der Waals surface area contributed by atoms with Gasteiger partial charge in [-0.15, -0.1) is 0 Å². The molecule has 0 aromatic carbocycles. The Morgan fingerprint density at radius 1 is 1.23 bits per heavy atom. The summed E-state index contributed by atoms with van der Waals surface area (Å²) < 4.78 is 4.54. The van der Waals surface area contributed by atoms with E-state index in [9.17, 15) is 0 Å². The van der Waals surface area contributed by atoms with Gasteiger partial charge < -0.3 is 20.2 Å². The Kier molecular flexibility index (Phi) is 5.41. The summed E-state index contributed by atoms with van der Waals surface area (Å²) in [5.41, 5.74) is 7.88. The van der Waals surface area contributed by atoms with E-state index in [1.165, 1.54) is 50.6 Å². The highest BCUT2D eigenvalue weighted by Gasteiger charge is 2.27. The van der Waals surface area contributed by atoms with Crippen LogP contribution in [0, 0.1) is 0 Å². The van der Waals surface area contributed by atoms with Crippen molar-refractivity contribution < 1.29 is 0 Å². The molecule has 2 aliphatic rings. The third-order valence-corrected chi connectivity index (χ3v) is 6.40. The fourth-order valence-electron chi connectivity index (χ4n) is 4.85. The third kappa shape index (κ3) is 3.71. The molecule has 2 fully saturated rings. The monoisotopic (exact) mass is 356 g/mol. The second-order valence-corrected chi connectivity index (χ2v) is 8.10. The maximum Gasteiger partial charge on any atom is 0.125 e. The Morgan fingerprint density at radius 3 is 2.77 bits per heavy atom. The number of hydrogen-bond acceptors (Lipinski definition) is 4. The van der Waals surface area contributed by atoms with Gasteiger partial charge in [-0.05, 0) is 51.5 Å². The summed E-state index contributed by atoms with van der Waals surface area (Å²) in [7, 11) is 2.15. The molecule has 1 aliphatic carbocycles. The van der Waals surface area contributed by atoms with E-state index >= 15 is 0 Å². The lowest BCUT2D eigenvalue weighted by Gasteiger charge is -2.30. The Hall–Kier alpha value is -1.66. The van der Waals surface area contributed by atoms with Crippen molar-refractivity contribution in [3.05, 3.63) is 36.4 Å². The van der Waals surface area contributed by atoms with Crippen LogP contribution in [0.1, 0.15) is 80.9 Å². The van der Waals surface area contributed by atoms with Gasteiger partial charge in [0.15, 0.2) is 0 Å². The van der Waals surface area contributed by atoms with Gasteiger partial charge in [-0.3, -0.25) is 0 Å². The smallest absolute Gasteiger partial charge is 0.125 e. The van der Waals surface area contributed by atoms with Crippen LogP contribution in [0.4, 0.5) is 0 Å². The molecule has 0 amide bonds. The largest absolute Gasteiger partial charge is 0.334 e. The summed E-state index contributed by atoms with van der Waals surface area (Å²) >= 11 is 0. The van der Waals surface area contributed by atoms with Crippen molar-refractivity contribution in [1.82, 2.24) is 24.4 Å². The van der Waals surface area contributed by atoms with Gasteiger partial charge in [0.05, 0.1) is 12.4 Å². The molecule has 2 aromatic heterocycles. The minimum Gasteiger partial charge on any atom is -0.334 e. The standard InChI is InChI=1S/C20H32N6/c1-25-19(15-5-7-17(8-6-15)26-11-10-22-14-26)13-24-20(25)18(21)12-16-4-2-3-9-23-16/h10-11,13-18,23H,2-9,12,21H2,1H3/t15?,16?,17?,18-/m0/s1. The lowest BCUT2D eigenvalue weighted by atomic mass is 9.84. The SMILES string of the molecule is Cn1c(C2CCC(n3ccnc3)CC2)cnc1[C@@H](N)CC1CCCCN1. The first-order chi connectivity index (χ1) is 12.7. The summed E-state index contributed by atoms with van der Waals surface area (Å²) in [6.45, 7) is 1.13. The van der Waals surface area contributed by atoms with Gasteiger partial charge in [0.1, 0.15) is 5.82 Å². The van der Waals surface area contributed by atoms with Gasteiger partial charge in [0.2, 0.25) is 0 Å². The van der Waals surface area contributed by atoms with Crippen LogP contribution >= 0.6 is 0 Å². The summed E-state index contributed by atoms with van der Waals surface area (Å²) in [5.74, 6) is 1.64. The van der Waals surface area contributed by atoms with Crippen molar-refractivity contribution in [2.75, 3.05) is 6.54 Å². The Morgan fingerprint density at radius 2 is 2.08 bits per heavy atom. The highest BCUT2D eigenvalue weighted by Crippen LogP contribution is 2.38. The van der Waals surface area contributed by atoms with E-state index < -0.39 is 0 Å². The van der Waals surface area contributed by atoms with Crippen LogP contribution in [0.5, 0.6) is 0 Å². The van der Waals surface area contributed by atoms with Gasteiger partial charge in [-0.1, -0.05) is 6.42 Å². The van der Waals surface area contributed by atoms with E-state index in [0.29, 0.717) is 18.0 Å². The third-order valence-electron chi connectivity index (χ3n) is 6.40. The van der Waals surface area contributed by atoms with Gasteiger partial charge in [0, 0.05) is 49.3 Å². The number of hydrogen-bond donors (Lipinski definition) is 2. The summed E-state index contributed by atoms with van der Waals surface area (Å²) in [6.07, 6.45) is 17.7. The lowest BCUT2D eigenvalue weighted by Crippen LogP contribution is -2.37. The maximum absolute atomic E-state index is 6.52. The number of imidazole rings is 2. The van der Waals surface area contributed by atoms with Gasteiger partial charge in [0.25, 0.3) is 0 Å². The highest BCUT2D eigenvalue weighted by molar-refractivity contribution is 5.14. The number of rotatable bonds is 5. The molecule has 0 spiro atoms. The Bertz CT molecular complexity index is 677. The minimum absolute atomic E-state index is 0.0200. The summed E-state index contributed by atoms with van der Waals surface area (Å²) in [4.78, 5) is 8.91. The number of nitrogens with two attached hydrogens (primary N) is 1. The molecule has 26 heavy (non-hydrogen) atoms. The normalized spacial score (nSPS) is 28.2. The van der Waals surface area contributed by atoms with Crippen molar-refractivity contribution in [3.63, 3.8) is 0 Å². The van der Waals surface area contributed by atoms with Gasteiger partial charge in [-0.2, -0.15) is 0 Å². The van der Waals surface area contributed by atoms with E-state index in [1.54, 1.807) is 0 Å². The first-order valence-corrected chi connectivity index (χ1v) is 10.2. The molecule has 6 nitrogen and oxygen atoms in total. The zero-order valence-corrected chi connectivity index (χ0v) is 15.8. The van der Waals surface area contributed by atoms with E-state index in [0.717, 1.165) is 18.8 Å². The van der Waals surface area contributed by atoms with Gasteiger partial charge in [-0.25, -0.2) is 9.97 Å². The predicted molar refractivity (Wildman–Crippen MR) is 103 cm³/mol. The second-order valence-electron chi connectivity index (χ2n) is 8.10. The number of piperidine rings is 1. The molecule has 2 atom stereocenters. The average Bonchev–Trinajstić information content (AvgIpc) is 3.33. The van der Waals surface area contributed by atoms with E-state index in [4.69, 9.17) is 10.7 Å². The molecule has 142 valence electrons. The fraction of sp³-hybridized carbons (Fsp3) is 0.700. The van der Waals surface area contributed by atoms with Crippen molar-refractivity contribution in [2.45, 2.75) is 75.4 Å². The molecule has 1 aliphatic heterocycles. The number of nitrogens with zero attached hydrogens (tertiary/aromatic N) is 4. The molecule has 6 heteroatoms. The van der Waals surface area contributed by atoms with Crippen molar-refractivity contribution in [1.29, 1.82) is 0 Å². The summed E-state index contributed by atoms with van der Waals surface area (Å²) in [5, 5.41) is 3.60. The van der Waals surface area contributed by atoms with Crippen LogP contribution in [0.25, 0.3) is 0 Å². The Balaban J connectivity index is 1.37. The number of nitrogens with one attached hydrogen (secondary N) is 1. The predicted octanol–water partition coefficient (Wildman–Crippen LogP) is 3.05. The minimum atomic E-state index is 0.0200. The quantitative estimate of drug-likeness (QED) is 0.863.